The lowest BCUT2D eigenvalue weighted by Crippen LogP contribution is -2.23. The second-order valence-electron chi connectivity index (χ2n) is 9.76. The van der Waals surface area contributed by atoms with Gasteiger partial charge in [0.1, 0.15) is 5.82 Å². The summed E-state index contributed by atoms with van der Waals surface area (Å²) in [4.78, 5) is 11.9. The van der Waals surface area contributed by atoms with Crippen LogP contribution in [0.3, 0.4) is 0 Å². The highest BCUT2D eigenvalue weighted by Gasteiger charge is 2.33. The van der Waals surface area contributed by atoms with Crippen LogP contribution in [0.25, 0.3) is 11.1 Å². The van der Waals surface area contributed by atoms with Crippen molar-refractivity contribution in [3.05, 3.63) is 58.8 Å². The lowest BCUT2D eigenvalue weighted by molar-refractivity contribution is -0.137. The van der Waals surface area contributed by atoms with E-state index in [0.29, 0.717) is 23.0 Å². The third-order valence-corrected chi connectivity index (χ3v) is 7.39. The van der Waals surface area contributed by atoms with E-state index in [4.69, 9.17) is 15.2 Å². The number of carbonyl (C=O) groups excluding carboxylic acids is 1. The number of amides is 1. The van der Waals surface area contributed by atoms with E-state index in [1.54, 1.807) is 14.2 Å². The maximum atomic E-state index is 13.1. The van der Waals surface area contributed by atoms with Gasteiger partial charge in [-0.2, -0.15) is 18.3 Å². The molecule has 0 aliphatic heterocycles. The summed E-state index contributed by atoms with van der Waals surface area (Å²) in [5, 5.41) is 8.18. The van der Waals surface area contributed by atoms with E-state index < -0.39 is 17.6 Å². The molecule has 38 heavy (non-hydrogen) atoms. The molecule has 1 aliphatic carbocycles. The van der Waals surface area contributed by atoms with Gasteiger partial charge in [-0.25, -0.2) is 0 Å². The molecule has 1 aliphatic rings. The van der Waals surface area contributed by atoms with Crippen molar-refractivity contribution in [2.75, 3.05) is 26.1 Å². The summed E-state index contributed by atoms with van der Waals surface area (Å²) in [6, 6.07) is 9.11. The third-order valence-electron chi connectivity index (χ3n) is 7.39. The van der Waals surface area contributed by atoms with Gasteiger partial charge >= 0.3 is 6.18 Å². The zero-order valence-electron chi connectivity index (χ0n) is 22.0. The number of anilines is 1. The van der Waals surface area contributed by atoms with E-state index >= 15 is 0 Å². The Balaban J connectivity index is 1.46. The highest BCUT2D eigenvalue weighted by Crippen LogP contribution is 2.40. The van der Waals surface area contributed by atoms with Crippen LogP contribution in [-0.2, 0) is 13.2 Å². The predicted octanol–water partition coefficient (Wildman–Crippen LogP) is 5.92. The van der Waals surface area contributed by atoms with Crippen molar-refractivity contribution >= 4 is 11.7 Å². The number of nitrogens with one attached hydrogen (secondary N) is 1. The predicted molar refractivity (Wildman–Crippen MR) is 140 cm³/mol. The maximum Gasteiger partial charge on any atom is 0.416 e. The number of nitrogens with zero attached hydrogens (tertiary/aromatic N) is 2. The number of ether oxygens (including phenoxy) is 2. The van der Waals surface area contributed by atoms with Crippen LogP contribution in [0.1, 0.15) is 58.8 Å². The fraction of sp³-hybridized carbons (Fsp3) is 0.429. The normalized spacial score (nSPS) is 17.8. The van der Waals surface area contributed by atoms with Crippen molar-refractivity contribution in [2.45, 2.75) is 44.7 Å². The summed E-state index contributed by atoms with van der Waals surface area (Å²) in [6.07, 6.45) is -1.24. The topological polar surface area (TPSA) is 91.4 Å². The zero-order valence-corrected chi connectivity index (χ0v) is 22.0. The van der Waals surface area contributed by atoms with Gasteiger partial charge in [-0.1, -0.05) is 12.1 Å². The van der Waals surface area contributed by atoms with Crippen molar-refractivity contribution in [3.63, 3.8) is 0 Å². The molecule has 4 rings (SSSR count). The number of hydrogen-bond acceptors (Lipinski definition) is 5. The second-order valence-corrected chi connectivity index (χ2v) is 9.76. The van der Waals surface area contributed by atoms with Gasteiger partial charge in [0.15, 0.2) is 11.5 Å². The van der Waals surface area contributed by atoms with Crippen LogP contribution in [0.15, 0.2) is 36.4 Å². The Morgan fingerprint density at radius 3 is 2.37 bits per heavy atom. The highest BCUT2D eigenvalue weighted by atomic mass is 19.4. The number of methoxy groups -OCH3 is 2. The number of nitrogens with two attached hydrogens (primary N) is 1. The minimum Gasteiger partial charge on any atom is -0.493 e. The number of aryl methyl sites for hydroxylation is 2. The highest BCUT2D eigenvalue weighted by molar-refractivity contribution is 5.94. The molecular weight excluding hydrogens is 497 g/mol. The van der Waals surface area contributed by atoms with E-state index in [-0.39, 0.29) is 11.5 Å². The number of aromatic nitrogens is 2. The molecule has 0 bridgehead atoms. The second kappa shape index (κ2) is 11.0. The molecule has 1 aromatic heterocycles. The van der Waals surface area contributed by atoms with Gasteiger partial charge in [0.05, 0.1) is 25.5 Å². The van der Waals surface area contributed by atoms with Gasteiger partial charge in [0, 0.05) is 24.7 Å². The van der Waals surface area contributed by atoms with Crippen LogP contribution in [-0.4, -0.2) is 36.5 Å². The summed E-state index contributed by atoms with van der Waals surface area (Å²) >= 11 is 0. The third kappa shape index (κ3) is 5.58. The molecule has 0 radical (unpaired) electrons. The van der Waals surface area contributed by atoms with E-state index in [2.05, 4.69) is 10.4 Å². The largest absolute Gasteiger partial charge is 0.493 e. The van der Waals surface area contributed by atoms with Gasteiger partial charge in [-0.05, 0) is 79.8 Å². The van der Waals surface area contributed by atoms with E-state index in [9.17, 15) is 18.0 Å². The fourth-order valence-electron chi connectivity index (χ4n) is 5.42. The van der Waals surface area contributed by atoms with Crippen molar-refractivity contribution in [1.82, 2.24) is 9.78 Å². The van der Waals surface area contributed by atoms with Crippen molar-refractivity contribution in [3.8, 4) is 22.6 Å². The Bertz CT molecular complexity index is 1310. The monoisotopic (exact) mass is 530 g/mol. The number of benzene rings is 2. The standard InChI is InChI=1S/C28H33F3N4O3/c1-16-25(19-9-12-23(37-3)24(13-19)38-4)27(35(2)34-16)33-15-17-5-7-18(8-6-17)21-11-10-20(28(29,30)31)14-22(21)26(32)36/h9-14,17-18,33H,5-8,15H2,1-4H3,(H2,32,36)/t17-,18-. The summed E-state index contributed by atoms with van der Waals surface area (Å²) in [7, 11) is 5.09. The first kappa shape index (κ1) is 27.3. The van der Waals surface area contributed by atoms with Gasteiger partial charge in [0.25, 0.3) is 0 Å². The van der Waals surface area contributed by atoms with Crippen LogP contribution >= 0.6 is 0 Å². The zero-order chi connectivity index (χ0) is 27.6. The number of primary amides is 1. The molecule has 1 fully saturated rings. The quantitative estimate of drug-likeness (QED) is 0.378. The minimum atomic E-state index is -4.52. The SMILES string of the molecule is COc1ccc(-c2c(C)nn(C)c2NC[C@H]2CC[C@H](c3ccc(C(F)(F)F)cc3C(N)=O)CC2)cc1OC. The average Bonchev–Trinajstić information content (AvgIpc) is 3.18. The van der Waals surface area contributed by atoms with E-state index in [1.807, 2.05) is 36.9 Å². The lowest BCUT2D eigenvalue weighted by atomic mass is 9.77. The lowest BCUT2D eigenvalue weighted by Gasteiger charge is -2.30. The van der Waals surface area contributed by atoms with Gasteiger partial charge < -0.3 is 20.5 Å². The molecule has 1 saturated carbocycles. The van der Waals surface area contributed by atoms with Gasteiger partial charge in [0.2, 0.25) is 5.91 Å². The smallest absolute Gasteiger partial charge is 0.416 e. The number of hydrogen-bond donors (Lipinski definition) is 2. The maximum absolute atomic E-state index is 13.1. The fourth-order valence-corrected chi connectivity index (χ4v) is 5.42. The molecule has 1 heterocycles. The number of halogens is 3. The summed E-state index contributed by atoms with van der Waals surface area (Å²) in [5.74, 6) is 1.72. The number of rotatable bonds is 8. The summed E-state index contributed by atoms with van der Waals surface area (Å²) < 4.78 is 52.1. The molecule has 1 amide bonds. The van der Waals surface area contributed by atoms with Crippen LogP contribution in [0.5, 0.6) is 11.5 Å². The molecule has 0 atom stereocenters. The summed E-state index contributed by atoms with van der Waals surface area (Å²) in [6.45, 7) is 2.68. The molecule has 10 heteroatoms. The molecule has 3 N–H and O–H groups in total. The van der Waals surface area contributed by atoms with Crippen LogP contribution < -0.4 is 20.5 Å². The van der Waals surface area contributed by atoms with E-state index in [0.717, 1.165) is 67.0 Å². The minimum absolute atomic E-state index is 0.00249. The van der Waals surface area contributed by atoms with Crippen molar-refractivity contribution < 1.29 is 27.4 Å². The summed E-state index contributed by atoms with van der Waals surface area (Å²) in [5.41, 5.74) is 7.98. The van der Waals surface area contributed by atoms with Gasteiger partial charge in [-0.3, -0.25) is 9.48 Å². The first-order chi connectivity index (χ1) is 18.0. The molecule has 0 saturated heterocycles. The molecule has 0 unspecified atom stereocenters. The Hall–Kier alpha value is -3.69. The van der Waals surface area contributed by atoms with Crippen LogP contribution in [0.4, 0.5) is 19.0 Å². The Kier molecular flexibility index (Phi) is 7.89. The van der Waals surface area contributed by atoms with Gasteiger partial charge in [-0.15, -0.1) is 0 Å². The first-order valence-corrected chi connectivity index (χ1v) is 12.5. The van der Waals surface area contributed by atoms with Crippen molar-refractivity contribution in [2.24, 2.45) is 18.7 Å². The number of alkyl halides is 3. The Labute approximate surface area is 220 Å². The number of carbonyl (C=O) groups is 1. The Morgan fingerprint density at radius 2 is 1.76 bits per heavy atom. The van der Waals surface area contributed by atoms with Crippen LogP contribution in [0.2, 0.25) is 0 Å². The van der Waals surface area contributed by atoms with Crippen molar-refractivity contribution in [1.29, 1.82) is 0 Å². The molecule has 0 spiro atoms. The van der Waals surface area contributed by atoms with E-state index in [1.165, 1.54) is 6.07 Å². The molecule has 204 valence electrons. The molecular formula is C28H33F3N4O3. The molecule has 2 aromatic carbocycles. The van der Waals surface area contributed by atoms with Crippen LogP contribution in [0, 0.1) is 12.8 Å². The average molecular weight is 531 g/mol. The molecule has 3 aromatic rings. The molecule has 7 nitrogen and oxygen atoms in total. The Morgan fingerprint density at radius 1 is 1.08 bits per heavy atom. The first-order valence-electron chi connectivity index (χ1n) is 12.5.